The van der Waals surface area contributed by atoms with Crippen LogP contribution in [0.25, 0.3) is 5.57 Å². The molecule has 2 amide bonds. The molecule has 2 aromatic carbocycles. The highest BCUT2D eigenvalue weighted by Crippen LogP contribution is 2.33. The van der Waals surface area contributed by atoms with Crippen molar-refractivity contribution in [2.75, 3.05) is 30.4 Å². The van der Waals surface area contributed by atoms with Gasteiger partial charge in [0.25, 0.3) is 11.8 Å². The summed E-state index contributed by atoms with van der Waals surface area (Å²) in [6, 6.07) is 15.1. The summed E-state index contributed by atoms with van der Waals surface area (Å²) in [5.41, 5.74) is 3.36. The maximum atomic E-state index is 13.2. The van der Waals surface area contributed by atoms with Crippen LogP contribution >= 0.6 is 0 Å². The molecule has 0 saturated carbocycles. The fraction of sp³-hybridized carbons (Fsp3) is 0.385. The Morgan fingerprint density at radius 2 is 1.56 bits per heavy atom. The van der Waals surface area contributed by atoms with Gasteiger partial charge in [0.2, 0.25) is 0 Å². The summed E-state index contributed by atoms with van der Waals surface area (Å²) in [5.74, 6) is 0.899. The zero-order chi connectivity index (χ0) is 22.8. The van der Waals surface area contributed by atoms with E-state index in [1.54, 1.807) is 19.2 Å². The van der Waals surface area contributed by atoms with Gasteiger partial charge in [0.05, 0.1) is 12.7 Å². The molecule has 6 nitrogen and oxygen atoms in total. The Hall–Kier alpha value is -3.28. The summed E-state index contributed by atoms with van der Waals surface area (Å²) < 4.78 is 5.23. The van der Waals surface area contributed by atoms with Crippen LogP contribution in [0.3, 0.4) is 0 Å². The number of rotatable bonds is 6. The lowest BCUT2D eigenvalue weighted by atomic mass is 9.99. The van der Waals surface area contributed by atoms with E-state index in [-0.39, 0.29) is 17.9 Å². The number of benzene rings is 2. The summed E-state index contributed by atoms with van der Waals surface area (Å²) in [4.78, 5) is 30.0. The maximum absolute atomic E-state index is 13.2. The van der Waals surface area contributed by atoms with Gasteiger partial charge in [-0.2, -0.15) is 0 Å². The number of nitrogens with zero attached hydrogens (tertiary/aromatic N) is 2. The maximum Gasteiger partial charge on any atom is 0.278 e. The van der Waals surface area contributed by atoms with Gasteiger partial charge in [-0.3, -0.25) is 14.5 Å². The van der Waals surface area contributed by atoms with E-state index in [1.165, 1.54) is 23.4 Å². The first kappa shape index (κ1) is 21.9. The molecule has 0 radical (unpaired) electrons. The number of carbonyl (C=O) groups is 2. The van der Waals surface area contributed by atoms with Crippen LogP contribution < -0.4 is 15.0 Å². The average Bonchev–Trinajstić information content (AvgIpc) is 3.04. The minimum Gasteiger partial charge on any atom is -0.497 e. The number of amides is 2. The summed E-state index contributed by atoms with van der Waals surface area (Å²) >= 11 is 0. The lowest BCUT2D eigenvalue weighted by Gasteiger charge is -2.32. The van der Waals surface area contributed by atoms with E-state index in [0.717, 1.165) is 24.7 Å². The third kappa shape index (κ3) is 4.22. The Bertz CT molecular complexity index is 1020. The molecule has 2 aromatic rings. The molecule has 0 spiro atoms. The molecule has 1 saturated heterocycles. The van der Waals surface area contributed by atoms with Crippen molar-refractivity contribution in [3.05, 3.63) is 59.8 Å². The Morgan fingerprint density at radius 1 is 0.938 bits per heavy atom. The molecule has 1 fully saturated rings. The molecule has 2 aliphatic heterocycles. The molecule has 0 atom stereocenters. The quantitative estimate of drug-likeness (QED) is 0.678. The Labute approximate surface area is 189 Å². The Morgan fingerprint density at radius 3 is 2.12 bits per heavy atom. The monoisotopic (exact) mass is 433 g/mol. The number of piperidine rings is 1. The number of methoxy groups -OCH3 is 1. The highest BCUT2D eigenvalue weighted by Gasteiger charge is 2.40. The van der Waals surface area contributed by atoms with Crippen LogP contribution in [0.1, 0.15) is 39.2 Å². The number of hydrogen-bond donors (Lipinski definition) is 1. The van der Waals surface area contributed by atoms with E-state index in [0.29, 0.717) is 22.6 Å². The van der Waals surface area contributed by atoms with E-state index in [1.807, 2.05) is 38.1 Å². The first-order chi connectivity index (χ1) is 15.4. The third-order valence-electron chi connectivity index (χ3n) is 6.30. The lowest BCUT2D eigenvalue weighted by molar-refractivity contribution is -0.138. The topological polar surface area (TPSA) is 61.9 Å². The Kier molecular flexibility index (Phi) is 6.21. The SMILES string of the molecule is COc1ccc(C2=C(Nc3ccc(N4CCC(C)CC4)cc3)C(=O)N(C(C)C)C2=O)cc1. The van der Waals surface area contributed by atoms with Crippen LogP contribution in [0.15, 0.2) is 54.2 Å². The summed E-state index contributed by atoms with van der Waals surface area (Å²) in [5, 5.41) is 3.24. The van der Waals surface area contributed by atoms with Crippen molar-refractivity contribution in [2.45, 2.75) is 39.7 Å². The van der Waals surface area contributed by atoms with E-state index in [9.17, 15) is 9.59 Å². The molecule has 0 bridgehead atoms. The molecule has 2 heterocycles. The molecule has 2 aliphatic rings. The van der Waals surface area contributed by atoms with Gasteiger partial charge >= 0.3 is 0 Å². The van der Waals surface area contributed by atoms with Crippen molar-refractivity contribution in [1.82, 2.24) is 4.90 Å². The predicted octanol–water partition coefficient (Wildman–Crippen LogP) is 4.53. The second-order valence-electron chi connectivity index (χ2n) is 8.89. The predicted molar refractivity (Wildman–Crippen MR) is 128 cm³/mol. The van der Waals surface area contributed by atoms with Gasteiger partial charge in [-0.25, -0.2) is 0 Å². The van der Waals surface area contributed by atoms with Crippen LogP contribution in [0.5, 0.6) is 5.75 Å². The van der Waals surface area contributed by atoms with Crippen LogP contribution in [0, 0.1) is 5.92 Å². The summed E-state index contributed by atoms with van der Waals surface area (Å²) in [6.45, 7) is 8.13. The number of nitrogens with one attached hydrogen (secondary N) is 1. The molecule has 0 aliphatic carbocycles. The first-order valence-electron chi connectivity index (χ1n) is 11.3. The van der Waals surface area contributed by atoms with Crippen molar-refractivity contribution in [3.8, 4) is 5.75 Å². The number of hydrogen-bond acceptors (Lipinski definition) is 5. The highest BCUT2D eigenvalue weighted by atomic mass is 16.5. The number of imide groups is 1. The van der Waals surface area contributed by atoms with Crippen LogP contribution in [-0.2, 0) is 9.59 Å². The summed E-state index contributed by atoms with van der Waals surface area (Å²) in [7, 11) is 1.60. The van der Waals surface area contributed by atoms with Crippen molar-refractivity contribution in [3.63, 3.8) is 0 Å². The molecule has 1 N–H and O–H groups in total. The molecular weight excluding hydrogens is 402 g/mol. The third-order valence-corrected chi connectivity index (χ3v) is 6.30. The van der Waals surface area contributed by atoms with E-state index >= 15 is 0 Å². The minimum absolute atomic E-state index is 0.230. The van der Waals surface area contributed by atoms with Crippen LogP contribution in [-0.4, -0.2) is 43.0 Å². The van der Waals surface area contributed by atoms with Crippen LogP contribution in [0.2, 0.25) is 0 Å². The molecule has 4 rings (SSSR count). The van der Waals surface area contributed by atoms with E-state index in [2.05, 4.69) is 29.3 Å². The van der Waals surface area contributed by atoms with Gasteiger partial charge < -0.3 is 15.0 Å². The lowest BCUT2D eigenvalue weighted by Crippen LogP contribution is -2.38. The molecule has 32 heavy (non-hydrogen) atoms. The van der Waals surface area contributed by atoms with Crippen molar-refractivity contribution in [2.24, 2.45) is 5.92 Å². The molecule has 0 aromatic heterocycles. The second-order valence-corrected chi connectivity index (χ2v) is 8.89. The summed E-state index contributed by atoms with van der Waals surface area (Å²) in [6.07, 6.45) is 2.42. The van der Waals surface area contributed by atoms with E-state index in [4.69, 9.17) is 4.74 Å². The zero-order valence-electron chi connectivity index (χ0n) is 19.2. The highest BCUT2D eigenvalue weighted by molar-refractivity contribution is 6.36. The zero-order valence-corrected chi connectivity index (χ0v) is 19.2. The minimum atomic E-state index is -0.301. The number of ether oxygens (including phenoxy) is 1. The molecule has 6 heteroatoms. The van der Waals surface area contributed by atoms with Gasteiger partial charge in [0.15, 0.2) is 0 Å². The molecular formula is C26H31N3O3. The normalized spacial score (nSPS) is 17.5. The molecule has 168 valence electrons. The number of carbonyl (C=O) groups excluding carboxylic acids is 2. The molecule has 0 unspecified atom stereocenters. The standard InChI is InChI=1S/C26H31N3O3/c1-17(2)29-25(30)23(19-5-11-22(32-4)12-6-19)24(26(29)31)27-20-7-9-21(10-8-20)28-15-13-18(3)14-16-28/h5-12,17-18,27H,13-16H2,1-4H3. The number of anilines is 2. The fourth-order valence-corrected chi connectivity index (χ4v) is 4.32. The van der Waals surface area contributed by atoms with Gasteiger partial charge in [-0.15, -0.1) is 0 Å². The smallest absolute Gasteiger partial charge is 0.278 e. The second kappa shape index (κ2) is 9.07. The fourth-order valence-electron chi connectivity index (χ4n) is 4.32. The van der Waals surface area contributed by atoms with Gasteiger partial charge in [0, 0.05) is 30.5 Å². The van der Waals surface area contributed by atoms with Crippen molar-refractivity contribution < 1.29 is 14.3 Å². The largest absolute Gasteiger partial charge is 0.497 e. The van der Waals surface area contributed by atoms with Gasteiger partial charge in [-0.1, -0.05) is 19.1 Å². The first-order valence-corrected chi connectivity index (χ1v) is 11.3. The van der Waals surface area contributed by atoms with Gasteiger partial charge in [0.1, 0.15) is 11.4 Å². The Balaban J connectivity index is 1.62. The van der Waals surface area contributed by atoms with E-state index < -0.39 is 0 Å². The van der Waals surface area contributed by atoms with Crippen molar-refractivity contribution in [1.29, 1.82) is 0 Å². The van der Waals surface area contributed by atoms with Gasteiger partial charge in [-0.05, 0) is 74.6 Å². The average molecular weight is 434 g/mol. The van der Waals surface area contributed by atoms with Crippen LogP contribution in [0.4, 0.5) is 11.4 Å². The van der Waals surface area contributed by atoms with Crippen molar-refractivity contribution >= 4 is 28.8 Å².